The molecule has 1 aromatic heterocycles. The maximum Gasteiger partial charge on any atom is 0.387 e. The zero-order chi connectivity index (χ0) is 27.1. The monoisotopic (exact) mass is 529 g/mol. The van der Waals surface area contributed by atoms with Gasteiger partial charge in [-0.25, -0.2) is 13.2 Å². The largest absolute Gasteiger partial charge is 0.429 e. The lowest BCUT2D eigenvalue weighted by Gasteiger charge is -2.11. The summed E-state index contributed by atoms with van der Waals surface area (Å²) in [5.74, 6) is -3.96. The SMILES string of the molecule is COCCCc1ccc(CCc2ccc3c(F)c(CCc4cc(F)c(OC(F)F)c(F)c4)ccc3c2)nc1. The number of halogens is 5. The summed E-state index contributed by atoms with van der Waals surface area (Å²) in [7, 11) is 1.69. The lowest BCUT2D eigenvalue weighted by molar-refractivity contribution is -0.0546. The molecule has 0 N–H and O–H groups in total. The molecule has 0 radical (unpaired) electrons. The second kappa shape index (κ2) is 12.8. The first-order valence-electron chi connectivity index (χ1n) is 12.4. The third-order valence-electron chi connectivity index (χ3n) is 6.42. The summed E-state index contributed by atoms with van der Waals surface area (Å²) >= 11 is 0. The van der Waals surface area contributed by atoms with Gasteiger partial charge in [-0.1, -0.05) is 36.4 Å². The highest BCUT2D eigenvalue weighted by Gasteiger charge is 2.17. The number of pyridine rings is 1. The van der Waals surface area contributed by atoms with Gasteiger partial charge in [-0.3, -0.25) is 4.98 Å². The zero-order valence-corrected chi connectivity index (χ0v) is 21.0. The average molecular weight is 530 g/mol. The van der Waals surface area contributed by atoms with Crippen LogP contribution in [0.3, 0.4) is 0 Å². The smallest absolute Gasteiger partial charge is 0.387 e. The summed E-state index contributed by atoms with van der Waals surface area (Å²) in [6, 6.07) is 15.0. The molecule has 0 amide bonds. The summed E-state index contributed by atoms with van der Waals surface area (Å²) in [4.78, 5) is 4.55. The maximum atomic E-state index is 15.2. The van der Waals surface area contributed by atoms with E-state index in [-0.39, 0.29) is 18.4 Å². The summed E-state index contributed by atoms with van der Waals surface area (Å²) in [5, 5.41) is 1.22. The third-order valence-corrected chi connectivity index (χ3v) is 6.42. The van der Waals surface area contributed by atoms with Crippen molar-refractivity contribution in [2.45, 2.75) is 45.1 Å². The number of rotatable bonds is 12. The molecule has 1 heterocycles. The van der Waals surface area contributed by atoms with Crippen molar-refractivity contribution in [1.82, 2.24) is 4.98 Å². The molecule has 0 spiro atoms. The van der Waals surface area contributed by atoms with Gasteiger partial charge in [0.25, 0.3) is 0 Å². The minimum Gasteiger partial charge on any atom is -0.429 e. The van der Waals surface area contributed by atoms with E-state index in [0.717, 1.165) is 61.1 Å². The Morgan fingerprint density at radius 1 is 0.763 bits per heavy atom. The van der Waals surface area contributed by atoms with E-state index in [4.69, 9.17) is 4.74 Å². The van der Waals surface area contributed by atoms with E-state index in [0.29, 0.717) is 10.9 Å². The average Bonchev–Trinajstić information content (AvgIpc) is 2.90. The molecule has 3 nitrogen and oxygen atoms in total. The first kappa shape index (κ1) is 27.5. The van der Waals surface area contributed by atoms with Gasteiger partial charge in [0.15, 0.2) is 17.4 Å². The molecule has 4 aromatic rings. The minimum atomic E-state index is -3.34. The first-order valence-corrected chi connectivity index (χ1v) is 12.4. The highest BCUT2D eigenvalue weighted by molar-refractivity contribution is 5.84. The second-order valence-electron chi connectivity index (χ2n) is 9.12. The van der Waals surface area contributed by atoms with Crippen LogP contribution in [0.2, 0.25) is 0 Å². The Morgan fingerprint density at radius 2 is 1.50 bits per heavy atom. The number of hydrogen-bond donors (Lipinski definition) is 0. The maximum absolute atomic E-state index is 15.2. The number of nitrogens with zero attached hydrogens (tertiary/aromatic N) is 1. The van der Waals surface area contributed by atoms with E-state index < -0.39 is 29.8 Å². The van der Waals surface area contributed by atoms with Crippen molar-refractivity contribution in [2.75, 3.05) is 13.7 Å². The fourth-order valence-electron chi connectivity index (χ4n) is 4.42. The van der Waals surface area contributed by atoms with Crippen molar-refractivity contribution in [2.24, 2.45) is 0 Å². The number of ether oxygens (including phenoxy) is 2. The molecule has 0 atom stereocenters. The number of aromatic nitrogens is 1. The van der Waals surface area contributed by atoms with Crippen molar-refractivity contribution < 1.29 is 31.4 Å². The number of alkyl halides is 2. The van der Waals surface area contributed by atoms with Crippen LogP contribution in [-0.2, 0) is 36.8 Å². The lowest BCUT2D eigenvalue weighted by Crippen LogP contribution is -2.06. The van der Waals surface area contributed by atoms with E-state index in [1.54, 1.807) is 19.2 Å². The summed E-state index contributed by atoms with van der Waals surface area (Å²) < 4.78 is 76.8. The number of fused-ring (bicyclic) bond motifs is 1. The predicted molar refractivity (Wildman–Crippen MR) is 136 cm³/mol. The van der Waals surface area contributed by atoms with Crippen LogP contribution in [0, 0.1) is 17.5 Å². The van der Waals surface area contributed by atoms with Gasteiger partial charge in [0.05, 0.1) is 0 Å². The van der Waals surface area contributed by atoms with E-state index in [1.807, 2.05) is 30.5 Å². The van der Waals surface area contributed by atoms with Gasteiger partial charge in [0.2, 0.25) is 0 Å². The molecule has 0 saturated heterocycles. The van der Waals surface area contributed by atoms with E-state index in [9.17, 15) is 17.6 Å². The van der Waals surface area contributed by atoms with Crippen LogP contribution in [-0.4, -0.2) is 25.3 Å². The third kappa shape index (κ3) is 7.07. The van der Waals surface area contributed by atoms with Crippen LogP contribution in [0.25, 0.3) is 10.8 Å². The number of benzene rings is 3. The Morgan fingerprint density at radius 3 is 2.18 bits per heavy atom. The number of methoxy groups -OCH3 is 1. The molecule has 38 heavy (non-hydrogen) atoms. The topological polar surface area (TPSA) is 31.4 Å². The molecule has 200 valence electrons. The molecule has 0 unspecified atom stereocenters. The Kier molecular flexibility index (Phi) is 9.29. The molecule has 8 heteroatoms. The van der Waals surface area contributed by atoms with Crippen LogP contribution in [0.15, 0.2) is 60.8 Å². The van der Waals surface area contributed by atoms with E-state index in [2.05, 4.69) is 15.8 Å². The summed E-state index contributed by atoms with van der Waals surface area (Å²) in [6.45, 7) is -2.61. The van der Waals surface area contributed by atoms with Crippen molar-refractivity contribution in [3.63, 3.8) is 0 Å². The van der Waals surface area contributed by atoms with Gasteiger partial charge in [0.1, 0.15) is 5.82 Å². The molecule has 0 aliphatic carbocycles. The molecule has 4 rings (SSSR count). The van der Waals surface area contributed by atoms with Gasteiger partial charge in [0, 0.05) is 31.0 Å². The lowest BCUT2D eigenvalue weighted by atomic mass is 9.97. The standard InChI is InChI=1S/C30H28F5NO2/c1-37-14-2-3-20-6-12-24(36-18-20)11-5-19-7-13-25-23(15-19)10-9-22(28(25)33)8-4-21-16-26(31)29(27(32)17-21)38-30(34)35/h6-7,9-10,12-13,15-18,30H,2-5,8,11,14H2,1H3. The van der Waals surface area contributed by atoms with Crippen molar-refractivity contribution in [3.8, 4) is 5.75 Å². The Bertz CT molecular complexity index is 1350. The second-order valence-corrected chi connectivity index (χ2v) is 9.12. The normalized spacial score (nSPS) is 11.4. The van der Waals surface area contributed by atoms with E-state index in [1.165, 1.54) is 5.56 Å². The van der Waals surface area contributed by atoms with Crippen LogP contribution in [0.5, 0.6) is 5.75 Å². The number of aryl methyl sites for hydroxylation is 5. The fourth-order valence-corrected chi connectivity index (χ4v) is 4.42. The van der Waals surface area contributed by atoms with Crippen molar-refractivity contribution in [3.05, 3.63) is 106 Å². The Balaban J connectivity index is 1.39. The van der Waals surface area contributed by atoms with Gasteiger partial charge < -0.3 is 9.47 Å². The molecule has 0 bridgehead atoms. The zero-order valence-electron chi connectivity index (χ0n) is 21.0. The van der Waals surface area contributed by atoms with E-state index >= 15 is 4.39 Å². The molecular formula is C30H28F5NO2. The molecule has 0 aliphatic rings. The van der Waals surface area contributed by atoms with Gasteiger partial charge in [-0.05, 0) is 84.4 Å². The van der Waals surface area contributed by atoms with Gasteiger partial charge in [-0.15, -0.1) is 0 Å². The summed E-state index contributed by atoms with van der Waals surface area (Å²) in [5.41, 5.74) is 3.84. The molecule has 0 aliphatic heterocycles. The highest BCUT2D eigenvalue weighted by atomic mass is 19.3. The Labute approximate surface area is 218 Å². The van der Waals surface area contributed by atoms with Crippen LogP contribution in [0.1, 0.15) is 34.4 Å². The van der Waals surface area contributed by atoms with Gasteiger partial charge in [-0.2, -0.15) is 8.78 Å². The summed E-state index contributed by atoms with van der Waals surface area (Å²) in [6.07, 6.45) is 5.62. The van der Waals surface area contributed by atoms with Crippen LogP contribution in [0.4, 0.5) is 22.0 Å². The fraction of sp³-hybridized carbons (Fsp3) is 0.300. The highest BCUT2D eigenvalue weighted by Crippen LogP contribution is 2.27. The van der Waals surface area contributed by atoms with Crippen LogP contribution >= 0.6 is 0 Å². The molecule has 0 saturated carbocycles. The molecule has 0 fully saturated rings. The first-order chi connectivity index (χ1) is 18.3. The molecule has 3 aromatic carbocycles. The molecular weight excluding hydrogens is 501 g/mol. The van der Waals surface area contributed by atoms with Crippen molar-refractivity contribution in [1.29, 1.82) is 0 Å². The quantitative estimate of drug-likeness (QED) is 0.142. The van der Waals surface area contributed by atoms with Crippen LogP contribution < -0.4 is 4.74 Å². The minimum absolute atomic E-state index is 0.126. The predicted octanol–water partition coefficient (Wildman–Crippen LogP) is 7.40. The van der Waals surface area contributed by atoms with Crippen molar-refractivity contribution >= 4 is 10.8 Å². The van der Waals surface area contributed by atoms with Gasteiger partial charge >= 0.3 is 6.61 Å². The number of hydrogen-bond acceptors (Lipinski definition) is 3. The Hall–Kier alpha value is -3.52.